The number of nitrogens with one attached hydrogen (secondary N) is 1. The topological polar surface area (TPSA) is 12.0 Å². The van der Waals surface area contributed by atoms with Crippen LogP contribution in [0, 0.1) is 12.7 Å². The van der Waals surface area contributed by atoms with Gasteiger partial charge in [-0.1, -0.05) is 36.3 Å². The summed E-state index contributed by atoms with van der Waals surface area (Å²) in [4.78, 5) is 0. The zero-order valence-electron chi connectivity index (χ0n) is 11.3. The number of likely N-dealkylation sites (N-methyl/N-ethyl adjacent to an activating group) is 1. The molecule has 98 valence electrons. The van der Waals surface area contributed by atoms with Crippen LogP contribution in [-0.4, -0.2) is 6.54 Å². The highest BCUT2D eigenvalue weighted by Gasteiger charge is 2.20. The SMILES string of the molecule is CCNC(C1=CCCCC1)c1cc(C)ccc1F. The largest absolute Gasteiger partial charge is 0.307 e. The van der Waals surface area contributed by atoms with Crippen molar-refractivity contribution >= 4 is 0 Å². The fraction of sp³-hybridized carbons (Fsp3) is 0.500. The first kappa shape index (κ1) is 13.3. The van der Waals surface area contributed by atoms with Crippen LogP contribution in [0.1, 0.15) is 49.8 Å². The molecule has 2 heteroatoms. The highest BCUT2D eigenvalue weighted by molar-refractivity contribution is 5.33. The van der Waals surface area contributed by atoms with Crippen molar-refractivity contribution in [2.24, 2.45) is 0 Å². The summed E-state index contributed by atoms with van der Waals surface area (Å²) in [6.45, 7) is 4.95. The Morgan fingerprint density at radius 2 is 2.17 bits per heavy atom. The maximum absolute atomic E-state index is 14.0. The van der Waals surface area contributed by atoms with E-state index >= 15 is 0 Å². The molecule has 1 atom stereocenters. The van der Waals surface area contributed by atoms with E-state index in [1.165, 1.54) is 18.4 Å². The van der Waals surface area contributed by atoms with E-state index in [4.69, 9.17) is 0 Å². The molecule has 0 aromatic heterocycles. The summed E-state index contributed by atoms with van der Waals surface area (Å²) in [5, 5.41) is 3.43. The Labute approximate surface area is 109 Å². The third-order valence-corrected chi connectivity index (χ3v) is 3.57. The number of rotatable bonds is 4. The van der Waals surface area contributed by atoms with Crippen molar-refractivity contribution in [1.29, 1.82) is 0 Å². The molecular weight excluding hydrogens is 225 g/mol. The van der Waals surface area contributed by atoms with E-state index in [0.29, 0.717) is 0 Å². The van der Waals surface area contributed by atoms with Crippen LogP contribution < -0.4 is 5.32 Å². The average Bonchev–Trinajstić information content (AvgIpc) is 2.40. The number of allylic oxidation sites excluding steroid dienone is 1. The van der Waals surface area contributed by atoms with E-state index in [1.54, 1.807) is 6.07 Å². The van der Waals surface area contributed by atoms with Crippen LogP contribution in [0.2, 0.25) is 0 Å². The van der Waals surface area contributed by atoms with Crippen LogP contribution in [0.4, 0.5) is 4.39 Å². The zero-order valence-corrected chi connectivity index (χ0v) is 11.3. The highest BCUT2D eigenvalue weighted by Crippen LogP contribution is 2.31. The van der Waals surface area contributed by atoms with Gasteiger partial charge in [0, 0.05) is 5.56 Å². The van der Waals surface area contributed by atoms with Gasteiger partial charge < -0.3 is 5.32 Å². The first-order chi connectivity index (χ1) is 8.72. The quantitative estimate of drug-likeness (QED) is 0.783. The van der Waals surface area contributed by atoms with Gasteiger partial charge in [0.2, 0.25) is 0 Å². The van der Waals surface area contributed by atoms with Crippen molar-refractivity contribution in [3.05, 3.63) is 46.8 Å². The van der Waals surface area contributed by atoms with Gasteiger partial charge in [0.25, 0.3) is 0 Å². The predicted octanol–water partition coefficient (Wildman–Crippen LogP) is 4.29. The highest BCUT2D eigenvalue weighted by atomic mass is 19.1. The zero-order chi connectivity index (χ0) is 13.0. The van der Waals surface area contributed by atoms with Crippen molar-refractivity contribution < 1.29 is 4.39 Å². The van der Waals surface area contributed by atoms with Crippen molar-refractivity contribution in [2.45, 2.75) is 45.6 Å². The van der Waals surface area contributed by atoms with E-state index in [9.17, 15) is 4.39 Å². The minimum Gasteiger partial charge on any atom is -0.307 e. The van der Waals surface area contributed by atoms with Gasteiger partial charge in [-0.2, -0.15) is 0 Å². The lowest BCUT2D eigenvalue weighted by Crippen LogP contribution is -2.24. The second kappa shape index (κ2) is 6.14. The molecule has 1 aromatic carbocycles. The molecule has 0 saturated heterocycles. The summed E-state index contributed by atoms with van der Waals surface area (Å²) in [6, 6.07) is 5.43. The van der Waals surface area contributed by atoms with E-state index in [2.05, 4.69) is 18.3 Å². The van der Waals surface area contributed by atoms with Crippen LogP contribution in [-0.2, 0) is 0 Å². The van der Waals surface area contributed by atoms with Gasteiger partial charge in [-0.05, 0) is 45.2 Å². The van der Waals surface area contributed by atoms with Gasteiger partial charge in [0.1, 0.15) is 5.82 Å². The minimum atomic E-state index is -0.0991. The predicted molar refractivity (Wildman–Crippen MR) is 74.1 cm³/mol. The van der Waals surface area contributed by atoms with Crippen LogP contribution in [0.25, 0.3) is 0 Å². The van der Waals surface area contributed by atoms with Crippen molar-refractivity contribution in [1.82, 2.24) is 5.32 Å². The molecule has 0 aliphatic heterocycles. The van der Waals surface area contributed by atoms with Crippen LogP contribution in [0.3, 0.4) is 0 Å². The Morgan fingerprint density at radius 3 is 2.83 bits per heavy atom. The molecule has 18 heavy (non-hydrogen) atoms. The lowest BCUT2D eigenvalue weighted by Gasteiger charge is -2.25. The van der Waals surface area contributed by atoms with Crippen molar-refractivity contribution in [3.8, 4) is 0 Å². The summed E-state index contributed by atoms with van der Waals surface area (Å²) >= 11 is 0. The van der Waals surface area contributed by atoms with Crippen LogP contribution in [0.15, 0.2) is 29.8 Å². The molecule has 0 amide bonds. The Morgan fingerprint density at radius 1 is 1.33 bits per heavy atom. The van der Waals surface area contributed by atoms with E-state index in [1.807, 2.05) is 19.1 Å². The first-order valence-electron chi connectivity index (χ1n) is 6.90. The average molecular weight is 247 g/mol. The number of halogens is 1. The number of benzene rings is 1. The van der Waals surface area contributed by atoms with Gasteiger partial charge in [-0.25, -0.2) is 4.39 Å². The van der Waals surface area contributed by atoms with Gasteiger partial charge in [0.05, 0.1) is 6.04 Å². The second-order valence-electron chi connectivity index (χ2n) is 5.04. The third kappa shape index (κ3) is 2.99. The maximum atomic E-state index is 14.0. The molecule has 0 spiro atoms. The minimum absolute atomic E-state index is 0.0511. The number of hydrogen-bond donors (Lipinski definition) is 1. The summed E-state index contributed by atoms with van der Waals surface area (Å²) in [5.74, 6) is -0.0991. The molecule has 0 bridgehead atoms. The maximum Gasteiger partial charge on any atom is 0.128 e. The molecule has 1 nitrogen and oxygen atoms in total. The molecule has 0 saturated carbocycles. The molecule has 1 aliphatic carbocycles. The Bertz CT molecular complexity index is 437. The number of aryl methyl sites for hydroxylation is 1. The van der Waals surface area contributed by atoms with Crippen LogP contribution >= 0.6 is 0 Å². The van der Waals surface area contributed by atoms with Gasteiger partial charge in [-0.15, -0.1) is 0 Å². The number of hydrogen-bond acceptors (Lipinski definition) is 1. The first-order valence-corrected chi connectivity index (χ1v) is 6.90. The van der Waals surface area contributed by atoms with E-state index < -0.39 is 0 Å². The standard InChI is InChI=1S/C16H22FN/c1-3-18-16(13-7-5-4-6-8-13)14-11-12(2)9-10-15(14)17/h7,9-11,16,18H,3-6,8H2,1-2H3. The van der Waals surface area contributed by atoms with E-state index in [-0.39, 0.29) is 11.9 Å². The van der Waals surface area contributed by atoms with Gasteiger partial charge >= 0.3 is 0 Å². The fourth-order valence-electron chi connectivity index (χ4n) is 2.65. The molecular formula is C16H22FN. The lowest BCUT2D eigenvalue weighted by molar-refractivity contribution is 0.527. The summed E-state index contributed by atoms with van der Waals surface area (Å²) in [7, 11) is 0. The molecule has 1 N–H and O–H groups in total. The summed E-state index contributed by atoms with van der Waals surface area (Å²) in [6.07, 6.45) is 6.99. The molecule has 2 rings (SSSR count). The Kier molecular flexibility index (Phi) is 4.54. The normalized spacial score (nSPS) is 17.4. The van der Waals surface area contributed by atoms with Crippen molar-refractivity contribution in [3.63, 3.8) is 0 Å². The molecule has 0 fully saturated rings. The molecule has 1 aromatic rings. The summed E-state index contributed by atoms with van der Waals surface area (Å²) in [5.41, 5.74) is 3.27. The molecule has 1 unspecified atom stereocenters. The summed E-state index contributed by atoms with van der Waals surface area (Å²) < 4.78 is 14.0. The van der Waals surface area contributed by atoms with E-state index in [0.717, 1.165) is 30.5 Å². The second-order valence-corrected chi connectivity index (χ2v) is 5.04. The lowest BCUT2D eigenvalue weighted by atomic mass is 9.89. The van der Waals surface area contributed by atoms with Crippen LogP contribution in [0.5, 0.6) is 0 Å². The third-order valence-electron chi connectivity index (χ3n) is 3.57. The Balaban J connectivity index is 2.34. The Hall–Kier alpha value is -1.15. The molecule has 1 aliphatic rings. The van der Waals surface area contributed by atoms with Gasteiger partial charge in [0.15, 0.2) is 0 Å². The van der Waals surface area contributed by atoms with Crippen molar-refractivity contribution in [2.75, 3.05) is 6.54 Å². The monoisotopic (exact) mass is 247 g/mol. The van der Waals surface area contributed by atoms with Gasteiger partial charge in [-0.3, -0.25) is 0 Å². The molecule has 0 radical (unpaired) electrons. The smallest absolute Gasteiger partial charge is 0.128 e. The fourth-order valence-corrected chi connectivity index (χ4v) is 2.65. The molecule has 0 heterocycles.